The Labute approximate surface area is 76.7 Å². The molecule has 0 bridgehead atoms. The van der Waals surface area contributed by atoms with Crippen LogP contribution in [0, 0.1) is 0 Å². The van der Waals surface area contributed by atoms with Gasteiger partial charge in [-0.3, -0.25) is 0 Å². The summed E-state index contributed by atoms with van der Waals surface area (Å²) in [6.07, 6.45) is 5.41. The molecule has 0 fully saturated rings. The van der Waals surface area contributed by atoms with Crippen molar-refractivity contribution in [2.45, 2.75) is 40.0 Å². The van der Waals surface area contributed by atoms with Crippen LogP contribution >= 0.6 is 0 Å². The lowest BCUT2D eigenvalue weighted by molar-refractivity contribution is 0.830. The van der Waals surface area contributed by atoms with Crippen LogP contribution in [0.25, 0.3) is 0 Å². The minimum absolute atomic E-state index is 1.10. The van der Waals surface area contributed by atoms with Gasteiger partial charge in [-0.1, -0.05) is 23.8 Å². The summed E-state index contributed by atoms with van der Waals surface area (Å²) in [6, 6.07) is 0. The molecule has 0 aromatic heterocycles. The molecular formula is C12H20. The first-order valence-corrected chi connectivity index (χ1v) is 4.52. The van der Waals surface area contributed by atoms with E-state index < -0.39 is 0 Å². The average Bonchev–Trinajstić information content (AvgIpc) is 1.96. The van der Waals surface area contributed by atoms with Gasteiger partial charge in [0.1, 0.15) is 0 Å². The monoisotopic (exact) mass is 164 g/mol. The Bertz CT molecular complexity index is 190. The Morgan fingerprint density at radius 2 is 1.83 bits per heavy atom. The summed E-state index contributed by atoms with van der Waals surface area (Å²) in [4.78, 5) is 0. The SMILES string of the molecule is C=CCCCC(C(=C)C)=C(C)C. The molecule has 0 heterocycles. The molecule has 0 spiro atoms. The van der Waals surface area contributed by atoms with Crippen LogP contribution in [0.1, 0.15) is 40.0 Å². The molecule has 0 aliphatic heterocycles. The molecule has 0 radical (unpaired) electrons. The number of unbranched alkanes of at least 4 members (excludes halogenated alkanes) is 1. The highest BCUT2D eigenvalue weighted by atomic mass is 14.0. The maximum absolute atomic E-state index is 3.97. The summed E-state index contributed by atoms with van der Waals surface area (Å²) >= 11 is 0. The van der Waals surface area contributed by atoms with Gasteiger partial charge >= 0.3 is 0 Å². The molecule has 0 aromatic rings. The second kappa shape index (κ2) is 5.82. The smallest absolute Gasteiger partial charge is 0.0274 e. The minimum Gasteiger partial charge on any atom is -0.103 e. The maximum Gasteiger partial charge on any atom is -0.0274 e. The summed E-state index contributed by atoms with van der Waals surface area (Å²) in [5.74, 6) is 0. The molecule has 12 heavy (non-hydrogen) atoms. The first-order valence-electron chi connectivity index (χ1n) is 4.52. The van der Waals surface area contributed by atoms with Crippen LogP contribution < -0.4 is 0 Å². The summed E-state index contributed by atoms with van der Waals surface area (Å²) in [5.41, 5.74) is 4.03. The van der Waals surface area contributed by atoms with E-state index in [4.69, 9.17) is 0 Å². The van der Waals surface area contributed by atoms with E-state index in [0.29, 0.717) is 0 Å². The third-order valence-corrected chi connectivity index (χ3v) is 1.95. The zero-order valence-corrected chi connectivity index (χ0v) is 8.61. The van der Waals surface area contributed by atoms with Crippen molar-refractivity contribution < 1.29 is 0 Å². The van der Waals surface area contributed by atoms with Crippen LogP contribution in [0.4, 0.5) is 0 Å². The molecule has 0 rings (SSSR count). The van der Waals surface area contributed by atoms with E-state index in [0.717, 1.165) is 12.8 Å². The predicted octanol–water partition coefficient (Wildman–Crippen LogP) is 4.26. The van der Waals surface area contributed by atoms with Crippen LogP contribution in [0.3, 0.4) is 0 Å². The van der Waals surface area contributed by atoms with Gasteiger partial charge in [0.05, 0.1) is 0 Å². The largest absolute Gasteiger partial charge is 0.103 e. The van der Waals surface area contributed by atoms with Crippen molar-refractivity contribution in [2.24, 2.45) is 0 Å². The number of rotatable bonds is 5. The van der Waals surface area contributed by atoms with Crippen molar-refractivity contribution in [3.8, 4) is 0 Å². The Kier molecular flexibility index (Phi) is 5.44. The molecule has 0 aromatic carbocycles. The topological polar surface area (TPSA) is 0 Å². The van der Waals surface area contributed by atoms with E-state index in [-0.39, 0.29) is 0 Å². The van der Waals surface area contributed by atoms with Gasteiger partial charge in [0, 0.05) is 0 Å². The first kappa shape index (κ1) is 11.2. The van der Waals surface area contributed by atoms with Gasteiger partial charge in [-0.2, -0.15) is 0 Å². The fourth-order valence-corrected chi connectivity index (χ4v) is 1.31. The highest BCUT2D eigenvalue weighted by Gasteiger charge is 1.99. The normalized spacial score (nSPS) is 9.25. The van der Waals surface area contributed by atoms with Crippen LogP contribution in [0.2, 0.25) is 0 Å². The van der Waals surface area contributed by atoms with E-state index in [1.165, 1.54) is 23.1 Å². The average molecular weight is 164 g/mol. The van der Waals surface area contributed by atoms with Gasteiger partial charge in [-0.25, -0.2) is 0 Å². The molecule has 0 heteroatoms. The molecule has 0 saturated carbocycles. The van der Waals surface area contributed by atoms with Gasteiger partial charge in [0.25, 0.3) is 0 Å². The molecule has 68 valence electrons. The van der Waals surface area contributed by atoms with Gasteiger partial charge < -0.3 is 0 Å². The molecule has 0 aliphatic rings. The van der Waals surface area contributed by atoms with Crippen molar-refractivity contribution in [1.29, 1.82) is 0 Å². The van der Waals surface area contributed by atoms with Crippen molar-refractivity contribution in [2.75, 3.05) is 0 Å². The fourth-order valence-electron chi connectivity index (χ4n) is 1.31. The Balaban J connectivity index is 4.08. The Morgan fingerprint density at radius 1 is 1.25 bits per heavy atom. The lowest BCUT2D eigenvalue weighted by atomic mass is 9.98. The molecule has 0 aliphatic carbocycles. The molecule has 0 N–H and O–H groups in total. The van der Waals surface area contributed by atoms with Gasteiger partial charge in [-0.05, 0) is 45.6 Å². The molecule has 0 saturated heterocycles. The van der Waals surface area contributed by atoms with Crippen LogP contribution in [0.15, 0.2) is 36.0 Å². The maximum atomic E-state index is 3.97. The lowest BCUT2D eigenvalue weighted by Crippen LogP contribution is -1.88. The Morgan fingerprint density at radius 3 is 2.17 bits per heavy atom. The van der Waals surface area contributed by atoms with E-state index in [1.807, 2.05) is 6.08 Å². The van der Waals surface area contributed by atoms with E-state index in [1.54, 1.807) is 0 Å². The van der Waals surface area contributed by atoms with Crippen LogP contribution in [-0.2, 0) is 0 Å². The fraction of sp³-hybridized carbons (Fsp3) is 0.500. The summed E-state index contributed by atoms with van der Waals surface area (Å²) in [6.45, 7) is 14.1. The number of hydrogen-bond acceptors (Lipinski definition) is 0. The van der Waals surface area contributed by atoms with Gasteiger partial charge in [0.15, 0.2) is 0 Å². The van der Waals surface area contributed by atoms with E-state index in [9.17, 15) is 0 Å². The summed E-state index contributed by atoms with van der Waals surface area (Å²) in [5, 5.41) is 0. The van der Waals surface area contributed by atoms with Crippen molar-refractivity contribution in [3.05, 3.63) is 36.0 Å². The second-order valence-electron chi connectivity index (χ2n) is 3.44. The second-order valence-corrected chi connectivity index (χ2v) is 3.44. The van der Waals surface area contributed by atoms with Gasteiger partial charge in [0.2, 0.25) is 0 Å². The first-order chi connectivity index (χ1) is 5.59. The quantitative estimate of drug-likeness (QED) is 0.323. The van der Waals surface area contributed by atoms with Gasteiger partial charge in [-0.15, -0.1) is 6.58 Å². The van der Waals surface area contributed by atoms with E-state index in [2.05, 4.69) is 33.9 Å². The van der Waals surface area contributed by atoms with E-state index >= 15 is 0 Å². The predicted molar refractivity (Wildman–Crippen MR) is 57.2 cm³/mol. The third kappa shape index (κ3) is 4.17. The molecule has 0 amide bonds. The third-order valence-electron chi connectivity index (χ3n) is 1.95. The zero-order valence-electron chi connectivity index (χ0n) is 8.61. The lowest BCUT2D eigenvalue weighted by Gasteiger charge is -2.08. The van der Waals surface area contributed by atoms with Crippen LogP contribution in [-0.4, -0.2) is 0 Å². The van der Waals surface area contributed by atoms with Crippen molar-refractivity contribution >= 4 is 0 Å². The summed E-state index contributed by atoms with van der Waals surface area (Å²) < 4.78 is 0. The highest BCUT2D eigenvalue weighted by Crippen LogP contribution is 2.19. The molecule has 0 atom stereocenters. The zero-order chi connectivity index (χ0) is 9.56. The molecule has 0 unspecified atom stereocenters. The minimum atomic E-state index is 1.10. The molecule has 0 nitrogen and oxygen atoms in total. The highest BCUT2D eigenvalue weighted by molar-refractivity contribution is 5.29. The number of allylic oxidation sites excluding steroid dienone is 4. The number of hydrogen-bond donors (Lipinski definition) is 0. The summed E-state index contributed by atoms with van der Waals surface area (Å²) in [7, 11) is 0. The standard InChI is InChI=1S/C12H20/c1-6-7-8-9-12(10(2)3)11(4)5/h6H,1-2,7-9H2,3-5H3. The van der Waals surface area contributed by atoms with Crippen molar-refractivity contribution in [3.63, 3.8) is 0 Å². The molecular weight excluding hydrogens is 144 g/mol. The van der Waals surface area contributed by atoms with Crippen LogP contribution in [0.5, 0.6) is 0 Å². The Hall–Kier alpha value is -0.780. The van der Waals surface area contributed by atoms with Crippen molar-refractivity contribution in [1.82, 2.24) is 0 Å².